The number of aryl methyl sites for hydroxylation is 1. The van der Waals surface area contributed by atoms with Gasteiger partial charge < -0.3 is 24.3 Å². The first-order valence-electron chi connectivity index (χ1n) is 14.6. The summed E-state index contributed by atoms with van der Waals surface area (Å²) in [6.07, 6.45) is 7.01. The molecule has 0 spiro atoms. The Morgan fingerprint density at radius 1 is 0.880 bits per heavy atom. The van der Waals surface area contributed by atoms with Gasteiger partial charge in [0.2, 0.25) is 0 Å². The Morgan fingerprint density at radius 3 is 2.06 bits per heavy atom. The zero-order valence-electron chi connectivity index (χ0n) is 26.9. The number of nitrogens with one attached hydrogen (secondary N) is 1. The summed E-state index contributed by atoms with van der Waals surface area (Å²) in [7, 11) is 4.14. The van der Waals surface area contributed by atoms with Crippen LogP contribution in [0.3, 0.4) is 0 Å². The topological polar surface area (TPSA) is 98.0 Å². The largest absolute Gasteiger partial charge is 0.506 e. The predicted molar refractivity (Wildman–Crippen MR) is 193 cm³/mol. The molecule has 1 aromatic heterocycles. The van der Waals surface area contributed by atoms with Gasteiger partial charge in [-0.1, -0.05) is 38.8 Å². The highest BCUT2D eigenvalue weighted by Gasteiger charge is 2.19. The van der Waals surface area contributed by atoms with Crippen LogP contribution in [0, 0.1) is 39.2 Å². The van der Waals surface area contributed by atoms with E-state index in [1.165, 1.54) is 38.5 Å². The molecule has 0 bridgehead atoms. The van der Waals surface area contributed by atoms with Gasteiger partial charge >= 0.3 is 11.9 Å². The molecule has 5 rings (SSSR count). The van der Waals surface area contributed by atoms with Crippen LogP contribution in [0.2, 0.25) is 0 Å². The van der Waals surface area contributed by atoms with Gasteiger partial charge in [0.05, 0.1) is 28.9 Å². The number of hydrogen-bond acceptors (Lipinski definition) is 7. The third-order valence-electron chi connectivity index (χ3n) is 6.83. The summed E-state index contributed by atoms with van der Waals surface area (Å²) in [4.78, 5) is 22.8. The number of furan rings is 1. The minimum Gasteiger partial charge on any atom is -0.506 e. The lowest BCUT2D eigenvalue weighted by atomic mass is 10.1. The average molecular weight is 806 g/mol. The molecule has 0 amide bonds. The van der Waals surface area contributed by atoms with Gasteiger partial charge in [0, 0.05) is 11.9 Å². The van der Waals surface area contributed by atoms with Crippen molar-refractivity contribution >= 4 is 45.5 Å². The van der Waals surface area contributed by atoms with E-state index in [0.29, 0.717) is 17.5 Å². The summed E-state index contributed by atoms with van der Waals surface area (Å²) in [5.41, 5.74) is 2.34. The van der Waals surface area contributed by atoms with Gasteiger partial charge in [-0.15, -0.1) is 6.42 Å². The summed E-state index contributed by atoms with van der Waals surface area (Å²) in [6.45, 7) is 2.60. The quantitative estimate of drug-likeness (QED) is 0.0733. The third kappa shape index (κ3) is 10.6. The van der Waals surface area contributed by atoms with Crippen LogP contribution in [0.25, 0.3) is 22.3 Å². The van der Waals surface area contributed by atoms with Crippen molar-refractivity contribution in [1.29, 1.82) is 0 Å². The molecule has 0 fully saturated rings. The van der Waals surface area contributed by atoms with Gasteiger partial charge in [-0.3, -0.25) is 0 Å². The van der Waals surface area contributed by atoms with Crippen molar-refractivity contribution in [3.63, 3.8) is 0 Å². The second kappa shape index (κ2) is 19.4. The van der Waals surface area contributed by atoms with Gasteiger partial charge in [0.15, 0.2) is 0 Å². The smallest absolute Gasteiger partial charge is 0.341 e. The molecular formula is C38H36F4INO6. The SMILES string of the molecule is C.C#Cc1ccc(CCC)cc1F.CNCc1ccc(-c2cc3cc(F)cc(C(=O)OC)c3o2)c(F)c1.COC(=O)c1cc(F)cc(I)c1O. The summed E-state index contributed by atoms with van der Waals surface area (Å²) >= 11 is 1.73. The lowest BCUT2D eigenvalue weighted by molar-refractivity contribution is 0.0589. The van der Waals surface area contributed by atoms with Crippen molar-refractivity contribution in [2.24, 2.45) is 0 Å². The minimum absolute atomic E-state index is 0. The van der Waals surface area contributed by atoms with Crippen LogP contribution in [-0.4, -0.2) is 38.3 Å². The standard InChI is InChI=1S/C18H15F2NO3.C11H11F.C8H6FIO3.CH4/c1-21-9-10-3-4-13(15(20)5-10)16-7-11-6-12(19)8-14(17(11)24-16)18(22)23-2;1-3-5-9-6-7-10(4-2)11(12)8-9;1-13-8(12)5-2-4(9)3-6(10)7(5)11;/h3-8,21H,9H2,1-2H3;2,6-8H,3,5H2,1H3;2-3,11H,1H3;1H4. The summed E-state index contributed by atoms with van der Waals surface area (Å²) in [6, 6.07) is 15.6. The monoisotopic (exact) mass is 805 g/mol. The van der Waals surface area contributed by atoms with Crippen LogP contribution in [-0.2, 0) is 22.4 Å². The molecule has 0 aliphatic carbocycles. The molecule has 0 radical (unpaired) electrons. The number of hydrogen-bond donors (Lipinski definition) is 2. The number of carbonyl (C=O) groups is 2. The van der Waals surface area contributed by atoms with Crippen LogP contribution >= 0.6 is 22.6 Å². The Balaban J connectivity index is 0.000000283. The number of halogens is 5. The molecule has 12 heteroatoms. The van der Waals surface area contributed by atoms with E-state index >= 15 is 0 Å². The second-order valence-electron chi connectivity index (χ2n) is 10.3. The Labute approximate surface area is 301 Å². The van der Waals surface area contributed by atoms with E-state index in [2.05, 4.69) is 27.6 Å². The number of ether oxygens (including phenoxy) is 2. The number of aromatic hydroxyl groups is 1. The number of methoxy groups -OCH3 is 2. The number of benzene rings is 4. The van der Waals surface area contributed by atoms with E-state index < -0.39 is 29.4 Å². The molecule has 2 N–H and O–H groups in total. The first kappa shape index (κ1) is 41.3. The van der Waals surface area contributed by atoms with E-state index in [9.17, 15) is 32.3 Å². The van der Waals surface area contributed by atoms with Crippen molar-refractivity contribution in [1.82, 2.24) is 5.32 Å². The zero-order chi connectivity index (χ0) is 36.2. The Kier molecular flexibility index (Phi) is 16.0. The molecule has 0 aliphatic heterocycles. The maximum Gasteiger partial charge on any atom is 0.341 e. The third-order valence-corrected chi connectivity index (χ3v) is 7.65. The fourth-order valence-corrected chi connectivity index (χ4v) is 5.12. The van der Waals surface area contributed by atoms with E-state index in [0.717, 1.165) is 42.2 Å². The number of esters is 2. The molecule has 5 aromatic rings. The van der Waals surface area contributed by atoms with Crippen LogP contribution in [0.1, 0.15) is 58.2 Å². The van der Waals surface area contributed by atoms with Gasteiger partial charge in [-0.25, -0.2) is 27.2 Å². The molecule has 0 saturated heterocycles. The van der Waals surface area contributed by atoms with Crippen LogP contribution in [0.5, 0.6) is 5.75 Å². The van der Waals surface area contributed by atoms with Gasteiger partial charge in [0.1, 0.15) is 51.5 Å². The van der Waals surface area contributed by atoms with E-state index in [-0.39, 0.29) is 50.6 Å². The molecule has 7 nitrogen and oxygen atoms in total. The molecule has 1 heterocycles. The van der Waals surface area contributed by atoms with E-state index in [1.807, 2.05) is 6.07 Å². The molecule has 0 atom stereocenters. The number of rotatable bonds is 7. The first-order valence-corrected chi connectivity index (χ1v) is 15.7. The minimum atomic E-state index is -0.755. The fraction of sp³-hybridized carbons (Fsp3) is 0.211. The lowest BCUT2D eigenvalue weighted by Crippen LogP contribution is -2.05. The molecular weight excluding hydrogens is 769 g/mol. The number of phenols is 1. The first-order chi connectivity index (χ1) is 23.4. The Morgan fingerprint density at radius 2 is 1.48 bits per heavy atom. The zero-order valence-corrected chi connectivity index (χ0v) is 29.1. The number of fused-ring (bicyclic) bond motifs is 1. The summed E-state index contributed by atoms with van der Waals surface area (Å²) in [5, 5.41) is 12.7. The van der Waals surface area contributed by atoms with Crippen LogP contribution in [0.15, 0.2) is 71.1 Å². The number of carbonyl (C=O) groups excluding carboxylic acids is 2. The van der Waals surface area contributed by atoms with E-state index in [1.54, 1.807) is 47.8 Å². The van der Waals surface area contributed by atoms with Crippen molar-refractivity contribution in [3.05, 3.63) is 121 Å². The molecule has 4 aromatic carbocycles. The maximum absolute atomic E-state index is 14.3. The summed E-state index contributed by atoms with van der Waals surface area (Å²) < 4.78 is 68.7. The molecule has 0 saturated carbocycles. The van der Waals surface area contributed by atoms with Gasteiger partial charge in [-0.05, 0) is 102 Å². The normalized spacial score (nSPS) is 10.1. The Bertz CT molecular complexity index is 2000. The highest BCUT2D eigenvalue weighted by atomic mass is 127. The van der Waals surface area contributed by atoms with Crippen molar-refractivity contribution < 1.29 is 46.1 Å². The molecule has 0 unspecified atom stereocenters. The molecule has 264 valence electrons. The van der Waals surface area contributed by atoms with Crippen molar-refractivity contribution in [2.75, 3.05) is 21.3 Å². The van der Waals surface area contributed by atoms with Gasteiger partial charge in [0.25, 0.3) is 0 Å². The van der Waals surface area contributed by atoms with E-state index in [4.69, 9.17) is 10.8 Å². The van der Waals surface area contributed by atoms with Crippen molar-refractivity contribution in [2.45, 2.75) is 33.7 Å². The molecule has 50 heavy (non-hydrogen) atoms. The summed E-state index contributed by atoms with van der Waals surface area (Å²) in [5.74, 6) is -1.14. The average Bonchev–Trinajstić information content (AvgIpc) is 3.50. The maximum atomic E-state index is 14.3. The van der Waals surface area contributed by atoms with Gasteiger partial charge in [-0.2, -0.15) is 0 Å². The molecule has 0 aliphatic rings. The highest BCUT2D eigenvalue weighted by molar-refractivity contribution is 14.1. The fourth-order valence-electron chi connectivity index (χ4n) is 4.53. The van der Waals surface area contributed by atoms with Crippen LogP contribution in [0.4, 0.5) is 17.6 Å². The second-order valence-corrected chi connectivity index (χ2v) is 11.5. The number of phenolic OH excluding ortho intramolecular Hbond substituents is 1. The predicted octanol–water partition coefficient (Wildman–Crippen LogP) is 9.20. The Hall–Kier alpha value is -4.87. The lowest BCUT2D eigenvalue weighted by Gasteiger charge is -2.04. The van der Waals surface area contributed by atoms with Crippen LogP contribution < -0.4 is 5.32 Å². The highest BCUT2D eigenvalue weighted by Crippen LogP contribution is 2.33. The van der Waals surface area contributed by atoms with Crippen molar-refractivity contribution in [3.8, 4) is 29.4 Å². The number of terminal acetylenes is 1.